The van der Waals surface area contributed by atoms with Crippen molar-refractivity contribution in [2.75, 3.05) is 20.3 Å². The van der Waals surface area contributed by atoms with Crippen LogP contribution in [0.3, 0.4) is 0 Å². The Morgan fingerprint density at radius 2 is 2.00 bits per heavy atom. The van der Waals surface area contributed by atoms with Crippen molar-refractivity contribution in [2.45, 2.75) is 58.8 Å². The van der Waals surface area contributed by atoms with E-state index in [4.69, 9.17) is 4.74 Å². The van der Waals surface area contributed by atoms with Crippen molar-refractivity contribution in [3.05, 3.63) is 21.9 Å². The molecule has 0 radical (unpaired) electrons. The lowest BCUT2D eigenvalue weighted by molar-refractivity contribution is 0.112. The lowest BCUT2D eigenvalue weighted by atomic mass is 10.2. The highest BCUT2D eigenvalue weighted by Crippen LogP contribution is 2.36. The third-order valence-electron chi connectivity index (χ3n) is 4.22. The molecule has 0 aliphatic heterocycles. The Labute approximate surface area is 133 Å². The van der Waals surface area contributed by atoms with E-state index >= 15 is 0 Å². The Kier molecular flexibility index (Phi) is 6.68. The molecule has 1 N–H and O–H groups in total. The topological polar surface area (TPSA) is 24.5 Å². The van der Waals surface area contributed by atoms with Crippen molar-refractivity contribution < 1.29 is 4.74 Å². The molecule has 1 aromatic heterocycles. The molecule has 1 aliphatic rings. The predicted octanol–water partition coefficient (Wildman–Crippen LogP) is 3.49. The molecule has 21 heavy (non-hydrogen) atoms. The number of hydrogen-bond acceptors (Lipinski definition) is 4. The van der Waals surface area contributed by atoms with Crippen LogP contribution in [0.2, 0.25) is 0 Å². The van der Waals surface area contributed by atoms with Gasteiger partial charge in [0.2, 0.25) is 0 Å². The summed E-state index contributed by atoms with van der Waals surface area (Å²) < 4.78 is 5.28. The number of nitrogens with one attached hydrogen (secondary N) is 1. The smallest absolute Gasteiger partial charge is 0.0589 e. The summed E-state index contributed by atoms with van der Waals surface area (Å²) in [5, 5.41) is 3.49. The second-order valence-electron chi connectivity index (χ2n) is 6.44. The largest absolute Gasteiger partial charge is 0.383 e. The fourth-order valence-corrected chi connectivity index (χ4v) is 3.61. The lowest BCUT2D eigenvalue weighted by Gasteiger charge is -2.28. The third-order valence-corrected chi connectivity index (χ3v) is 5.29. The third kappa shape index (κ3) is 5.70. The van der Waals surface area contributed by atoms with Gasteiger partial charge in [-0.25, -0.2) is 0 Å². The van der Waals surface area contributed by atoms with Crippen molar-refractivity contribution in [2.24, 2.45) is 5.92 Å². The molecular weight excluding hydrogens is 280 g/mol. The van der Waals surface area contributed by atoms with E-state index < -0.39 is 0 Å². The highest BCUT2D eigenvalue weighted by atomic mass is 32.1. The normalized spacial score (nSPS) is 16.9. The van der Waals surface area contributed by atoms with Crippen molar-refractivity contribution in [1.29, 1.82) is 0 Å². The maximum Gasteiger partial charge on any atom is 0.0589 e. The van der Waals surface area contributed by atoms with E-state index in [1.807, 2.05) is 11.3 Å². The summed E-state index contributed by atoms with van der Waals surface area (Å²) in [6.07, 6.45) is 2.80. The van der Waals surface area contributed by atoms with Crippen LogP contribution in [0.15, 0.2) is 12.1 Å². The molecule has 1 aromatic rings. The summed E-state index contributed by atoms with van der Waals surface area (Å²) in [5.74, 6) is 0.906. The van der Waals surface area contributed by atoms with Gasteiger partial charge in [-0.3, -0.25) is 4.90 Å². The Balaban J connectivity index is 1.89. The lowest BCUT2D eigenvalue weighted by Crippen LogP contribution is -2.36. The molecule has 1 unspecified atom stereocenters. The molecule has 1 heterocycles. The highest BCUT2D eigenvalue weighted by molar-refractivity contribution is 7.11. The van der Waals surface area contributed by atoms with Crippen molar-refractivity contribution in [3.63, 3.8) is 0 Å². The molecule has 120 valence electrons. The zero-order valence-electron chi connectivity index (χ0n) is 13.9. The molecule has 0 aromatic carbocycles. The van der Waals surface area contributed by atoms with Crippen LogP contribution in [0.1, 0.15) is 43.4 Å². The summed E-state index contributed by atoms with van der Waals surface area (Å²) >= 11 is 1.94. The van der Waals surface area contributed by atoms with Crippen LogP contribution in [0.4, 0.5) is 0 Å². The van der Waals surface area contributed by atoms with Gasteiger partial charge in [-0.05, 0) is 37.8 Å². The summed E-state index contributed by atoms with van der Waals surface area (Å²) in [6.45, 7) is 10.7. The molecule has 1 saturated carbocycles. The zero-order chi connectivity index (χ0) is 15.2. The van der Waals surface area contributed by atoms with Crippen molar-refractivity contribution >= 4 is 11.3 Å². The first-order valence-electron chi connectivity index (χ1n) is 8.14. The van der Waals surface area contributed by atoms with Crippen molar-refractivity contribution in [3.8, 4) is 0 Å². The molecule has 1 atom stereocenters. The van der Waals surface area contributed by atoms with Crippen LogP contribution >= 0.6 is 11.3 Å². The standard InChI is InChI=1S/C17H30N2OS/c1-13(2)18-11-16-7-8-17(21-16)12-19(9-10-20-4)14(3)15-5-6-15/h7-8,13-15,18H,5-6,9-12H2,1-4H3. The number of methoxy groups -OCH3 is 1. The van der Waals surface area contributed by atoms with E-state index in [-0.39, 0.29) is 0 Å². The fraction of sp³-hybridized carbons (Fsp3) is 0.765. The molecule has 1 fully saturated rings. The first-order chi connectivity index (χ1) is 10.1. The van der Waals surface area contributed by atoms with Crippen LogP contribution in [0.5, 0.6) is 0 Å². The fourth-order valence-electron chi connectivity index (χ4n) is 2.62. The number of rotatable bonds is 10. The van der Waals surface area contributed by atoms with E-state index in [0.29, 0.717) is 12.1 Å². The predicted molar refractivity (Wildman–Crippen MR) is 90.8 cm³/mol. The van der Waals surface area contributed by atoms with Crippen molar-refractivity contribution in [1.82, 2.24) is 10.2 Å². The van der Waals surface area contributed by atoms with Crippen LogP contribution in [0, 0.1) is 5.92 Å². The Morgan fingerprint density at radius 1 is 1.29 bits per heavy atom. The van der Waals surface area contributed by atoms with E-state index in [1.54, 1.807) is 7.11 Å². The number of thiophene rings is 1. The average molecular weight is 311 g/mol. The quantitative estimate of drug-likeness (QED) is 0.716. The maximum absolute atomic E-state index is 5.28. The molecule has 0 amide bonds. The van der Waals surface area contributed by atoms with Gasteiger partial charge in [-0.2, -0.15) is 0 Å². The summed E-state index contributed by atoms with van der Waals surface area (Å²) in [6, 6.07) is 5.79. The molecule has 2 rings (SSSR count). The van der Waals surface area contributed by atoms with Gasteiger partial charge in [0.15, 0.2) is 0 Å². The minimum absolute atomic E-state index is 0.545. The Bertz CT molecular complexity index is 415. The zero-order valence-corrected chi connectivity index (χ0v) is 14.7. The van der Waals surface area contributed by atoms with Gasteiger partial charge in [0.1, 0.15) is 0 Å². The van der Waals surface area contributed by atoms with E-state index in [9.17, 15) is 0 Å². The Hall–Kier alpha value is -0.420. The van der Waals surface area contributed by atoms with Gasteiger partial charge in [-0.1, -0.05) is 13.8 Å². The monoisotopic (exact) mass is 310 g/mol. The van der Waals surface area contributed by atoms with Crippen LogP contribution in [0.25, 0.3) is 0 Å². The minimum Gasteiger partial charge on any atom is -0.383 e. The first kappa shape index (κ1) is 16.9. The van der Waals surface area contributed by atoms with Gasteiger partial charge in [0.05, 0.1) is 6.61 Å². The Morgan fingerprint density at radius 3 is 2.62 bits per heavy atom. The molecule has 3 nitrogen and oxygen atoms in total. The van der Waals surface area contributed by atoms with Gasteiger partial charge in [0, 0.05) is 48.6 Å². The minimum atomic E-state index is 0.545. The molecule has 1 aliphatic carbocycles. The van der Waals surface area contributed by atoms with Crippen LogP contribution < -0.4 is 5.32 Å². The van der Waals surface area contributed by atoms with Crippen LogP contribution in [-0.4, -0.2) is 37.2 Å². The molecule has 4 heteroatoms. The number of ether oxygens (including phenoxy) is 1. The van der Waals surface area contributed by atoms with Gasteiger partial charge in [0.25, 0.3) is 0 Å². The van der Waals surface area contributed by atoms with Gasteiger partial charge in [-0.15, -0.1) is 11.3 Å². The summed E-state index contributed by atoms with van der Waals surface area (Å²) in [4.78, 5) is 5.50. The molecule has 0 spiro atoms. The van der Waals surface area contributed by atoms with E-state index in [2.05, 4.69) is 43.1 Å². The van der Waals surface area contributed by atoms with E-state index in [0.717, 1.165) is 32.2 Å². The molecule has 0 bridgehead atoms. The second-order valence-corrected chi connectivity index (χ2v) is 7.70. The van der Waals surface area contributed by atoms with Crippen LogP contribution in [-0.2, 0) is 17.8 Å². The number of nitrogens with zero attached hydrogens (tertiary/aromatic N) is 1. The summed E-state index contributed by atoms with van der Waals surface area (Å²) in [5.41, 5.74) is 0. The van der Waals surface area contributed by atoms with E-state index in [1.165, 1.54) is 22.6 Å². The first-order valence-corrected chi connectivity index (χ1v) is 8.95. The number of hydrogen-bond donors (Lipinski definition) is 1. The molecule has 0 saturated heterocycles. The second kappa shape index (κ2) is 8.28. The summed E-state index contributed by atoms with van der Waals surface area (Å²) in [7, 11) is 1.79. The SMILES string of the molecule is COCCN(Cc1ccc(CNC(C)C)s1)C(C)C1CC1. The molecular formula is C17H30N2OS. The maximum atomic E-state index is 5.28. The highest BCUT2D eigenvalue weighted by Gasteiger charge is 2.31. The van der Waals surface area contributed by atoms with Gasteiger partial charge >= 0.3 is 0 Å². The van der Waals surface area contributed by atoms with Gasteiger partial charge < -0.3 is 10.1 Å². The average Bonchev–Trinajstić information content (AvgIpc) is 3.21.